The Kier molecular flexibility index (Phi) is 6.73. The van der Waals surface area contributed by atoms with Crippen molar-refractivity contribution in [3.8, 4) is 0 Å². The van der Waals surface area contributed by atoms with E-state index >= 15 is 0 Å². The number of benzene rings is 2. The fraction of sp³-hybridized carbons (Fsp3) is 0.409. The predicted molar refractivity (Wildman–Crippen MR) is 112 cm³/mol. The van der Waals surface area contributed by atoms with Crippen molar-refractivity contribution < 1.29 is 49.4 Å². The van der Waals surface area contributed by atoms with E-state index in [0.29, 0.717) is 17.2 Å². The molecule has 0 radical (unpaired) electrons. The normalized spacial score (nSPS) is 25.0. The molecule has 4 atom stereocenters. The number of hydrogen-bond donors (Lipinski definition) is 2. The summed E-state index contributed by atoms with van der Waals surface area (Å²) in [5.74, 6) is -4.49. The van der Waals surface area contributed by atoms with E-state index < -0.39 is 75.8 Å². The average Bonchev–Trinajstić information content (AvgIpc) is 3.18. The SMILES string of the molecule is CS(=O)(=O)c1ccc2c(c1)CN([C@@H]1C[C@H](NC(=O)O)[C@@H](c3cc(F)c(F)cc3F)O[C@@H]1C(F)(F)F)C2. The van der Waals surface area contributed by atoms with Crippen molar-refractivity contribution in [1.82, 2.24) is 10.2 Å². The Morgan fingerprint density at radius 2 is 1.69 bits per heavy atom. The second-order valence-electron chi connectivity index (χ2n) is 8.77. The minimum Gasteiger partial charge on any atom is -0.465 e. The van der Waals surface area contributed by atoms with Crippen LogP contribution in [0.4, 0.5) is 31.1 Å². The van der Waals surface area contributed by atoms with Gasteiger partial charge in [-0.15, -0.1) is 0 Å². The van der Waals surface area contributed by atoms with Crippen LogP contribution >= 0.6 is 0 Å². The van der Waals surface area contributed by atoms with Gasteiger partial charge in [-0.05, 0) is 35.7 Å². The van der Waals surface area contributed by atoms with Gasteiger partial charge in [-0.25, -0.2) is 26.4 Å². The molecule has 36 heavy (non-hydrogen) atoms. The molecule has 2 aliphatic heterocycles. The zero-order chi connectivity index (χ0) is 26.6. The Balaban J connectivity index is 1.70. The highest BCUT2D eigenvalue weighted by atomic mass is 32.2. The highest BCUT2D eigenvalue weighted by molar-refractivity contribution is 7.90. The number of sulfone groups is 1. The fourth-order valence-corrected chi connectivity index (χ4v) is 5.36. The van der Waals surface area contributed by atoms with Gasteiger partial charge in [0.15, 0.2) is 27.6 Å². The van der Waals surface area contributed by atoms with Crippen LogP contribution in [0.15, 0.2) is 35.2 Å². The third-order valence-corrected chi connectivity index (χ3v) is 7.41. The maximum Gasteiger partial charge on any atom is 0.416 e. The molecule has 1 fully saturated rings. The molecule has 0 bridgehead atoms. The van der Waals surface area contributed by atoms with Gasteiger partial charge in [-0.1, -0.05) is 6.07 Å². The molecule has 1 amide bonds. The Hall–Kier alpha value is -2.84. The zero-order valence-corrected chi connectivity index (χ0v) is 19.3. The number of fused-ring (bicyclic) bond motifs is 1. The summed E-state index contributed by atoms with van der Waals surface area (Å²) in [7, 11) is -3.56. The van der Waals surface area contributed by atoms with Gasteiger partial charge < -0.3 is 15.2 Å². The zero-order valence-electron chi connectivity index (χ0n) is 18.5. The summed E-state index contributed by atoms with van der Waals surface area (Å²) in [6.07, 6.45) is -10.6. The predicted octanol–water partition coefficient (Wildman–Crippen LogP) is 3.92. The van der Waals surface area contributed by atoms with Crippen LogP contribution in [0.25, 0.3) is 0 Å². The first-order valence-corrected chi connectivity index (χ1v) is 12.5. The van der Waals surface area contributed by atoms with E-state index in [9.17, 15) is 44.7 Å². The summed E-state index contributed by atoms with van der Waals surface area (Å²) in [6.45, 7) is -0.0900. The first-order chi connectivity index (χ1) is 16.6. The van der Waals surface area contributed by atoms with E-state index in [2.05, 4.69) is 0 Å². The molecule has 0 aliphatic carbocycles. The first-order valence-electron chi connectivity index (χ1n) is 10.6. The molecule has 196 valence electrons. The third kappa shape index (κ3) is 5.15. The van der Waals surface area contributed by atoms with Crippen molar-refractivity contribution in [1.29, 1.82) is 0 Å². The van der Waals surface area contributed by atoms with Gasteiger partial charge in [0.25, 0.3) is 0 Å². The van der Waals surface area contributed by atoms with E-state index in [1.54, 1.807) is 0 Å². The largest absolute Gasteiger partial charge is 0.465 e. The minimum atomic E-state index is -4.99. The smallest absolute Gasteiger partial charge is 0.416 e. The number of carbonyl (C=O) groups is 1. The van der Waals surface area contributed by atoms with Crippen LogP contribution in [0.1, 0.15) is 29.2 Å². The van der Waals surface area contributed by atoms with E-state index in [1.807, 2.05) is 5.32 Å². The average molecular weight is 538 g/mol. The van der Waals surface area contributed by atoms with Crippen LogP contribution < -0.4 is 5.32 Å². The second kappa shape index (κ2) is 9.23. The van der Waals surface area contributed by atoms with Gasteiger partial charge in [0.05, 0.1) is 10.9 Å². The molecule has 0 aromatic heterocycles. The van der Waals surface area contributed by atoms with E-state index in [-0.39, 0.29) is 24.1 Å². The summed E-state index contributed by atoms with van der Waals surface area (Å²) >= 11 is 0. The lowest BCUT2D eigenvalue weighted by Gasteiger charge is -2.45. The molecule has 14 heteroatoms. The maximum atomic E-state index is 14.5. The number of nitrogens with zero attached hydrogens (tertiary/aromatic N) is 1. The fourth-order valence-electron chi connectivity index (χ4n) is 4.69. The number of rotatable bonds is 4. The minimum absolute atomic E-state index is 0.00494. The molecule has 4 rings (SSSR count). The maximum absolute atomic E-state index is 14.5. The van der Waals surface area contributed by atoms with Gasteiger partial charge in [0.1, 0.15) is 11.9 Å². The number of halogens is 6. The monoisotopic (exact) mass is 538 g/mol. The Morgan fingerprint density at radius 3 is 2.31 bits per heavy atom. The van der Waals surface area contributed by atoms with Crippen molar-refractivity contribution in [2.75, 3.05) is 6.26 Å². The van der Waals surface area contributed by atoms with Crippen LogP contribution in [-0.4, -0.2) is 55.1 Å². The summed E-state index contributed by atoms with van der Waals surface area (Å²) in [5, 5.41) is 11.2. The summed E-state index contributed by atoms with van der Waals surface area (Å²) in [4.78, 5) is 12.7. The molecule has 2 heterocycles. The second-order valence-corrected chi connectivity index (χ2v) is 10.8. The Bertz CT molecular complexity index is 1300. The first kappa shape index (κ1) is 26.2. The van der Waals surface area contributed by atoms with Crippen LogP contribution in [-0.2, 0) is 27.7 Å². The van der Waals surface area contributed by atoms with Crippen molar-refractivity contribution in [2.45, 2.75) is 54.9 Å². The molecule has 0 saturated carbocycles. The molecule has 7 nitrogen and oxygen atoms in total. The molecule has 2 aromatic carbocycles. The van der Waals surface area contributed by atoms with Crippen LogP contribution in [0.5, 0.6) is 0 Å². The van der Waals surface area contributed by atoms with Crippen molar-refractivity contribution >= 4 is 15.9 Å². The lowest BCUT2D eigenvalue weighted by atomic mass is 9.88. The molecular weight excluding hydrogens is 518 g/mol. The highest BCUT2D eigenvalue weighted by Gasteiger charge is 2.55. The Morgan fingerprint density at radius 1 is 1.06 bits per heavy atom. The highest BCUT2D eigenvalue weighted by Crippen LogP contribution is 2.43. The van der Waals surface area contributed by atoms with Crippen LogP contribution in [0.3, 0.4) is 0 Å². The van der Waals surface area contributed by atoms with Crippen LogP contribution in [0.2, 0.25) is 0 Å². The number of ether oxygens (including phenoxy) is 1. The van der Waals surface area contributed by atoms with Gasteiger partial charge in [0.2, 0.25) is 0 Å². The topological polar surface area (TPSA) is 95.9 Å². The van der Waals surface area contributed by atoms with Crippen LogP contribution in [0, 0.1) is 17.5 Å². The molecule has 0 spiro atoms. The molecule has 2 aliphatic rings. The van der Waals surface area contributed by atoms with Gasteiger partial charge in [-0.3, -0.25) is 4.90 Å². The number of hydrogen-bond acceptors (Lipinski definition) is 5. The summed E-state index contributed by atoms with van der Waals surface area (Å²) < 4.78 is 113. The third-order valence-electron chi connectivity index (χ3n) is 6.30. The van der Waals surface area contributed by atoms with Crippen molar-refractivity contribution in [3.05, 3.63) is 64.5 Å². The molecule has 2 N–H and O–H groups in total. The molecule has 2 aromatic rings. The van der Waals surface area contributed by atoms with Gasteiger partial charge in [0, 0.05) is 37.0 Å². The van der Waals surface area contributed by atoms with E-state index in [4.69, 9.17) is 4.74 Å². The number of carboxylic acid groups (broad SMARTS) is 1. The summed E-state index contributed by atoms with van der Waals surface area (Å²) in [5.41, 5.74) is 0.304. The number of nitrogens with one attached hydrogen (secondary N) is 1. The molecule has 0 unspecified atom stereocenters. The molecule has 1 saturated heterocycles. The lowest BCUT2D eigenvalue weighted by molar-refractivity contribution is -0.270. The summed E-state index contributed by atoms with van der Waals surface area (Å²) in [6, 6.07) is 1.79. The van der Waals surface area contributed by atoms with Gasteiger partial charge in [-0.2, -0.15) is 13.2 Å². The van der Waals surface area contributed by atoms with E-state index in [1.165, 1.54) is 23.1 Å². The van der Waals surface area contributed by atoms with E-state index in [0.717, 1.165) is 6.26 Å². The Labute approximate surface area is 201 Å². The number of alkyl halides is 3. The van der Waals surface area contributed by atoms with Gasteiger partial charge >= 0.3 is 12.3 Å². The molecular formula is C22H20F6N2O5S. The standard InChI is InChI=1S/C22H20F6N2O5S/c1-36(33,34)12-3-2-10-8-30(9-11(10)4-12)18-7-17(29-21(31)32)19(35-20(18)22(26,27)28)13-5-15(24)16(25)6-14(13)23/h2-6,17-20,29H,7-9H2,1H3,(H,31,32)/t17-,18+,19+,20-/m0/s1. The number of amides is 1. The lowest BCUT2D eigenvalue weighted by Crippen LogP contribution is -2.59. The van der Waals surface area contributed by atoms with Crippen molar-refractivity contribution in [2.24, 2.45) is 0 Å². The van der Waals surface area contributed by atoms with Crippen molar-refractivity contribution in [3.63, 3.8) is 0 Å². The quantitative estimate of drug-likeness (QED) is 0.453.